The molecule has 0 aromatic heterocycles. The lowest BCUT2D eigenvalue weighted by Gasteiger charge is -2.45. The second-order valence-electron chi connectivity index (χ2n) is 7.49. The highest BCUT2D eigenvalue weighted by Gasteiger charge is 2.49. The Hall–Kier alpha value is -1.31. The molecule has 0 spiro atoms. The lowest BCUT2D eigenvalue weighted by Crippen LogP contribution is -2.59. The average molecular weight is 420 g/mol. The van der Waals surface area contributed by atoms with Gasteiger partial charge >= 0.3 is 5.97 Å². The first-order chi connectivity index (χ1) is 13.8. The Balaban J connectivity index is 1.72. The summed E-state index contributed by atoms with van der Waals surface area (Å²) in [7, 11) is 1.26. The highest BCUT2D eigenvalue weighted by molar-refractivity contribution is 5.88. The molecule has 0 amide bonds. The third-order valence-corrected chi connectivity index (χ3v) is 5.73. The molecule has 0 aromatic rings. The summed E-state index contributed by atoms with van der Waals surface area (Å²) in [6, 6.07) is 0. The lowest BCUT2D eigenvalue weighted by atomic mass is 9.74. The van der Waals surface area contributed by atoms with Crippen LogP contribution in [0.5, 0.6) is 0 Å². The van der Waals surface area contributed by atoms with Gasteiger partial charge in [-0.3, -0.25) is 0 Å². The van der Waals surface area contributed by atoms with Crippen LogP contribution in [0.25, 0.3) is 0 Å². The molecule has 10 atom stereocenters. The molecule has 2 saturated heterocycles. The SMILES string of the molecule is COC(=O)C1=COC(COC2OC(CO)C(O)C(O)C2O)C2C(C)OC(O)CC12. The number of aliphatic hydroxyl groups excluding tert-OH is 5. The van der Waals surface area contributed by atoms with E-state index < -0.39 is 67.7 Å². The van der Waals surface area contributed by atoms with E-state index in [9.17, 15) is 30.3 Å². The van der Waals surface area contributed by atoms with E-state index in [4.69, 9.17) is 23.7 Å². The average Bonchev–Trinajstić information content (AvgIpc) is 2.70. The minimum atomic E-state index is -1.55. The van der Waals surface area contributed by atoms with Gasteiger partial charge in [0.05, 0.1) is 38.3 Å². The summed E-state index contributed by atoms with van der Waals surface area (Å²) < 4.78 is 26.9. The monoisotopic (exact) mass is 420 g/mol. The lowest BCUT2D eigenvalue weighted by molar-refractivity contribution is -0.308. The summed E-state index contributed by atoms with van der Waals surface area (Å²) in [5, 5.41) is 49.0. The number of methoxy groups -OCH3 is 1. The highest BCUT2D eigenvalue weighted by Crippen LogP contribution is 2.41. The Kier molecular flexibility index (Phi) is 7.12. The van der Waals surface area contributed by atoms with Gasteiger partial charge in [0.15, 0.2) is 12.6 Å². The number of rotatable bonds is 5. The van der Waals surface area contributed by atoms with Crippen LogP contribution in [0.2, 0.25) is 0 Å². The van der Waals surface area contributed by atoms with Crippen LogP contribution >= 0.6 is 0 Å². The van der Waals surface area contributed by atoms with Crippen LogP contribution in [0, 0.1) is 11.8 Å². The van der Waals surface area contributed by atoms with Crippen LogP contribution in [0.3, 0.4) is 0 Å². The van der Waals surface area contributed by atoms with E-state index >= 15 is 0 Å². The van der Waals surface area contributed by atoms with Gasteiger partial charge in [-0.1, -0.05) is 0 Å². The second kappa shape index (κ2) is 9.23. The van der Waals surface area contributed by atoms with Crippen LogP contribution in [-0.2, 0) is 28.5 Å². The van der Waals surface area contributed by atoms with Crippen LogP contribution in [0.15, 0.2) is 11.8 Å². The molecule has 11 heteroatoms. The summed E-state index contributed by atoms with van der Waals surface area (Å²) in [5.74, 6) is -1.31. The predicted octanol–water partition coefficient (Wildman–Crippen LogP) is -2.38. The summed E-state index contributed by atoms with van der Waals surface area (Å²) in [6.07, 6.45) is -7.62. The molecule has 3 rings (SSSR count). The van der Waals surface area contributed by atoms with Crippen LogP contribution < -0.4 is 0 Å². The van der Waals surface area contributed by atoms with Crippen LogP contribution in [0.1, 0.15) is 13.3 Å². The standard InChI is InChI=1S/C18H28O11/c1-7-13-8(3-12(20)28-7)9(17(24)25-2)5-26-11(13)6-27-18-16(23)15(22)14(21)10(4-19)29-18/h5,7-8,10-16,18-23H,3-4,6H2,1-2H3. The van der Waals surface area contributed by atoms with Crippen molar-refractivity contribution in [3.8, 4) is 0 Å². The highest BCUT2D eigenvalue weighted by atomic mass is 16.7. The molecule has 11 nitrogen and oxygen atoms in total. The third kappa shape index (κ3) is 4.42. The maximum absolute atomic E-state index is 12.1. The van der Waals surface area contributed by atoms with Crippen molar-refractivity contribution in [3.63, 3.8) is 0 Å². The van der Waals surface area contributed by atoms with Crippen molar-refractivity contribution in [2.75, 3.05) is 20.3 Å². The fourth-order valence-corrected chi connectivity index (χ4v) is 4.19. The first-order valence-electron chi connectivity index (χ1n) is 9.48. The van der Waals surface area contributed by atoms with Gasteiger partial charge in [0.1, 0.15) is 30.5 Å². The Bertz CT molecular complexity index is 609. The van der Waals surface area contributed by atoms with E-state index in [0.717, 1.165) is 0 Å². The second-order valence-corrected chi connectivity index (χ2v) is 7.49. The number of carbonyl (C=O) groups excluding carboxylic acids is 1. The molecule has 0 aliphatic carbocycles. The minimum Gasteiger partial charge on any atom is -0.495 e. The molecular weight excluding hydrogens is 392 g/mol. The summed E-state index contributed by atoms with van der Waals surface area (Å²) in [5.41, 5.74) is 0.288. The van der Waals surface area contributed by atoms with E-state index in [0.29, 0.717) is 0 Å². The summed E-state index contributed by atoms with van der Waals surface area (Å²) >= 11 is 0. The number of hydrogen-bond donors (Lipinski definition) is 5. The van der Waals surface area contributed by atoms with Crippen molar-refractivity contribution in [3.05, 3.63) is 11.8 Å². The van der Waals surface area contributed by atoms with E-state index in [1.165, 1.54) is 13.4 Å². The molecule has 166 valence electrons. The number of hydrogen-bond acceptors (Lipinski definition) is 11. The normalized spacial score (nSPS) is 45.0. The number of aliphatic hydroxyl groups is 5. The van der Waals surface area contributed by atoms with Crippen molar-refractivity contribution in [1.82, 2.24) is 0 Å². The van der Waals surface area contributed by atoms with Gasteiger partial charge in [0.2, 0.25) is 0 Å². The van der Waals surface area contributed by atoms with Gasteiger partial charge in [-0.05, 0) is 6.92 Å². The fraction of sp³-hybridized carbons (Fsp3) is 0.833. The summed E-state index contributed by atoms with van der Waals surface area (Å²) in [6.45, 7) is 1.08. The molecule has 0 aromatic carbocycles. The predicted molar refractivity (Wildman–Crippen MR) is 92.8 cm³/mol. The molecule has 3 heterocycles. The zero-order valence-corrected chi connectivity index (χ0v) is 16.2. The molecule has 0 radical (unpaired) electrons. The van der Waals surface area contributed by atoms with Crippen molar-refractivity contribution in [2.45, 2.75) is 62.5 Å². The fourth-order valence-electron chi connectivity index (χ4n) is 4.19. The Morgan fingerprint density at radius 3 is 2.52 bits per heavy atom. The maximum atomic E-state index is 12.1. The quantitative estimate of drug-likeness (QED) is 0.302. The molecule has 2 fully saturated rings. The molecule has 29 heavy (non-hydrogen) atoms. The Morgan fingerprint density at radius 1 is 1.14 bits per heavy atom. The molecule has 5 N–H and O–H groups in total. The first-order valence-corrected chi connectivity index (χ1v) is 9.48. The van der Waals surface area contributed by atoms with Crippen LogP contribution in [-0.4, -0.2) is 101 Å². The zero-order chi connectivity index (χ0) is 21.3. The topological polar surface area (TPSA) is 164 Å². The largest absolute Gasteiger partial charge is 0.495 e. The number of esters is 1. The molecule has 3 aliphatic heterocycles. The van der Waals surface area contributed by atoms with Crippen molar-refractivity contribution < 1.29 is 54.0 Å². The molecular formula is C18H28O11. The number of fused-ring (bicyclic) bond motifs is 1. The summed E-state index contributed by atoms with van der Waals surface area (Å²) in [4.78, 5) is 12.1. The van der Waals surface area contributed by atoms with Crippen molar-refractivity contribution in [2.24, 2.45) is 11.8 Å². The molecule has 0 bridgehead atoms. The van der Waals surface area contributed by atoms with Crippen molar-refractivity contribution in [1.29, 1.82) is 0 Å². The van der Waals surface area contributed by atoms with Gasteiger partial charge in [-0.25, -0.2) is 4.79 Å². The molecule has 10 unspecified atom stereocenters. The van der Waals surface area contributed by atoms with E-state index in [1.54, 1.807) is 6.92 Å². The van der Waals surface area contributed by atoms with Gasteiger partial charge in [-0.2, -0.15) is 0 Å². The van der Waals surface area contributed by atoms with Gasteiger partial charge in [0, 0.05) is 18.3 Å². The van der Waals surface area contributed by atoms with E-state index in [1.807, 2.05) is 0 Å². The van der Waals surface area contributed by atoms with E-state index in [-0.39, 0.29) is 24.5 Å². The zero-order valence-electron chi connectivity index (χ0n) is 16.2. The Morgan fingerprint density at radius 2 is 1.86 bits per heavy atom. The molecule has 0 saturated carbocycles. The third-order valence-electron chi connectivity index (χ3n) is 5.73. The number of ether oxygens (including phenoxy) is 5. The minimum absolute atomic E-state index is 0.0986. The van der Waals surface area contributed by atoms with Crippen molar-refractivity contribution >= 4 is 5.97 Å². The maximum Gasteiger partial charge on any atom is 0.337 e. The van der Waals surface area contributed by atoms with E-state index in [2.05, 4.69) is 0 Å². The Labute approximate surface area is 167 Å². The van der Waals surface area contributed by atoms with Gasteiger partial charge in [-0.15, -0.1) is 0 Å². The molecule has 3 aliphatic rings. The van der Waals surface area contributed by atoms with Gasteiger partial charge in [0.25, 0.3) is 0 Å². The van der Waals surface area contributed by atoms with Crippen LogP contribution in [0.4, 0.5) is 0 Å². The smallest absolute Gasteiger partial charge is 0.337 e. The first kappa shape index (κ1) is 22.4. The van der Waals surface area contributed by atoms with Gasteiger partial charge < -0.3 is 49.2 Å². The number of carbonyl (C=O) groups is 1.